The average molecular weight is 382 g/mol. The van der Waals surface area contributed by atoms with Crippen molar-refractivity contribution in [1.29, 1.82) is 0 Å². The summed E-state index contributed by atoms with van der Waals surface area (Å²) in [7, 11) is 1.69. The Morgan fingerprint density at radius 1 is 0.963 bits per heavy atom. The average Bonchev–Trinajstić information content (AvgIpc) is 2.69. The zero-order valence-corrected chi connectivity index (χ0v) is 15.7. The molecule has 0 aromatic heterocycles. The predicted molar refractivity (Wildman–Crippen MR) is 106 cm³/mol. The summed E-state index contributed by atoms with van der Waals surface area (Å²) < 4.78 is 5.87. The molecule has 27 heavy (non-hydrogen) atoms. The van der Waals surface area contributed by atoms with Crippen LogP contribution in [0.15, 0.2) is 72.8 Å². The third-order valence-corrected chi connectivity index (χ3v) is 4.57. The van der Waals surface area contributed by atoms with Gasteiger partial charge in [-0.05, 0) is 24.3 Å². The summed E-state index contributed by atoms with van der Waals surface area (Å²) in [6, 6.07) is 21.5. The highest BCUT2D eigenvalue weighted by atomic mass is 35.5. The lowest BCUT2D eigenvalue weighted by Gasteiger charge is -2.20. The van der Waals surface area contributed by atoms with Gasteiger partial charge in [0, 0.05) is 29.7 Å². The number of amides is 1. The lowest BCUT2D eigenvalue weighted by atomic mass is 10.1. The van der Waals surface area contributed by atoms with Crippen molar-refractivity contribution in [1.82, 2.24) is 4.90 Å². The number of nitrogens with zero attached hydrogens (tertiary/aromatic N) is 1. The van der Waals surface area contributed by atoms with Gasteiger partial charge in [0.2, 0.25) is 0 Å². The number of rotatable bonds is 6. The van der Waals surface area contributed by atoms with Crippen molar-refractivity contribution in [2.45, 2.75) is 13.2 Å². The standard InChI is InChI=1S/C22H20ClNO3/c1-24(14-16-8-3-6-12-20(16)25)22(26)18-10-4-7-13-21(18)27-15-17-9-2-5-11-19(17)23/h2-13,25H,14-15H2,1H3. The molecule has 3 rings (SSSR count). The third kappa shape index (κ3) is 4.60. The molecule has 3 aromatic rings. The summed E-state index contributed by atoms with van der Waals surface area (Å²) in [4.78, 5) is 14.4. The van der Waals surface area contributed by atoms with Gasteiger partial charge in [0.05, 0.1) is 5.56 Å². The molecule has 0 fully saturated rings. The summed E-state index contributed by atoms with van der Waals surface area (Å²) >= 11 is 6.17. The smallest absolute Gasteiger partial charge is 0.257 e. The molecule has 138 valence electrons. The molecule has 0 saturated carbocycles. The lowest BCUT2D eigenvalue weighted by molar-refractivity contribution is 0.0779. The first-order valence-electron chi connectivity index (χ1n) is 8.54. The summed E-state index contributed by atoms with van der Waals surface area (Å²) in [6.45, 7) is 0.567. The maximum atomic E-state index is 12.9. The first-order valence-corrected chi connectivity index (χ1v) is 8.91. The number of hydrogen-bond donors (Lipinski definition) is 1. The highest BCUT2D eigenvalue weighted by molar-refractivity contribution is 6.31. The van der Waals surface area contributed by atoms with Crippen LogP contribution >= 0.6 is 11.6 Å². The Hall–Kier alpha value is -2.98. The zero-order valence-electron chi connectivity index (χ0n) is 14.9. The largest absolute Gasteiger partial charge is 0.508 e. The van der Waals surface area contributed by atoms with Gasteiger partial charge >= 0.3 is 0 Å². The number of phenolic OH excluding ortho intramolecular Hbond substituents is 1. The summed E-state index contributed by atoms with van der Waals surface area (Å²) in [6.07, 6.45) is 0. The molecule has 5 heteroatoms. The zero-order chi connectivity index (χ0) is 19.2. The van der Waals surface area contributed by atoms with Crippen LogP contribution in [0.5, 0.6) is 11.5 Å². The quantitative estimate of drug-likeness (QED) is 0.660. The fraction of sp³-hybridized carbons (Fsp3) is 0.136. The van der Waals surface area contributed by atoms with Crippen molar-refractivity contribution in [3.05, 3.63) is 94.5 Å². The molecule has 0 aliphatic heterocycles. The van der Waals surface area contributed by atoms with Gasteiger partial charge in [0.15, 0.2) is 0 Å². The molecular formula is C22H20ClNO3. The van der Waals surface area contributed by atoms with Gasteiger partial charge in [-0.2, -0.15) is 0 Å². The number of hydrogen-bond acceptors (Lipinski definition) is 3. The van der Waals surface area contributed by atoms with Crippen molar-refractivity contribution in [3.8, 4) is 11.5 Å². The SMILES string of the molecule is CN(Cc1ccccc1O)C(=O)c1ccccc1OCc1ccccc1Cl. The van der Waals surface area contributed by atoms with Crippen LogP contribution in [0.4, 0.5) is 0 Å². The minimum atomic E-state index is -0.187. The second-order valence-electron chi connectivity index (χ2n) is 6.17. The van der Waals surface area contributed by atoms with Crippen molar-refractivity contribution in [2.24, 2.45) is 0 Å². The van der Waals surface area contributed by atoms with Crippen LogP contribution in [0.2, 0.25) is 5.02 Å². The fourth-order valence-corrected chi connectivity index (χ4v) is 2.91. The van der Waals surface area contributed by atoms with Crippen molar-refractivity contribution in [3.63, 3.8) is 0 Å². The van der Waals surface area contributed by atoms with Crippen LogP contribution in [0.25, 0.3) is 0 Å². The molecule has 1 amide bonds. The van der Waals surface area contributed by atoms with E-state index in [1.165, 1.54) is 0 Å². The minimum Gasteiger partial charge on any atom is -0.508 e. The number of para-hydroxylation sites is 2. The van der Waals surface area contributed by atoms with Crippen LogP contribution in [0.1, 0.15) is 21.5 Å². The first kappa shape index (κ1) is 18.8. The van der Waals surface area contributed by atoms with E-state index in [0.29, 0.717) is 28.4 Å². The van der Waals surface area contributed by atoms with E-state index in [-0.39, 0.29) is 18.3 Å². The second-order valence-corrected chi connectivity index (χ2v) is 6.57. The Bertz CT molecular complexity index is 942. The Kier molecular flexibility index (Phi) is 5.99. The molecule has 0 heterocycles. The molecule has 0 atom stereocenters. The predicted octanol–water partition coefficient (Wildman–Crippen LogP) is 4.90. The van der Waals surface area contributed by atoms with Gasteiger partial charge in [-0.1, -0.05) is 60.1 Å². The van der Waals surface area contributed by atoms with Gasteiger partial charge < -0.3 is 14.7 Å². The third-order valence-electron chi connectivity index (χ3n) is 4.20. The summed E-state index contributed by atoms with van der Waals surface area (Å²) in [5.41, 5.74) is 1.99. The monoisotopic (exact) mass is 381 g/mol. The highest BCUT2D eigenvalue weighted by Gasteiger charge is 2.18. The van der Waals surface area contributed by atoms with E-state index >= 15 is 0 Å². The molecule has 0 saturated heterocycles. The summed E-state index contributed by atoms with van der Waals surface area (Å²) in [5.74, 6) is 0.472. The summed E-state index contributed by atoms with van der Waals surface area (Å²) in [5, 5.41) is 10.6. The molecule has 0 spiro atoms. The number of carbonyl (C=O) groups excluding carboxylic acids is 1. The maximum Gasteiger partial charge on any atom is 0.257 e. The van der Waals surface area contributed by atoms with E-state index < -0.39 is 0 Å². The normalized spacial score (nSPS) is 10.4. The molecule has 0 bridgehead atoms. The van der Waals surface area contributed by atoms with Gasteiger partial charge in [0.1, 0.15) is 18.1 Å². The Labute approximate surface area is 163 Å². The van der Waals surface area contributed by atoms with E-state index in [2.05, 4.69) is 0 Å². The van der Waals surface area contributed by atoms with E-state index in [0.717, 1.165) is 5.56 Å². The number of halogens is 1. The molecule has 1 N–H and O–H groups in total. The number of benzene rings is 3. The molecule has 0 unspecified atom stereocenters. The number of ether oxygens (including phenoxy) is 1. The van der Waals surface area contributed by atoms with Crippen LogP contribution in [0, 0.1) is 0 Å². The molecule has 4 nitrogen and oxygen atoms in total. The van der Waals surface area contributed by atoms with Gasteiger partial charge in [-0.3, -0.25) is 4.79 Å². The van der Waals surface area contributed by atoms with Crippen LogP contribution < -0.4 is 4.74 Å². The van der Waals surface area contributed by atoms with Crippen molar-refractivity contribution in [2.75, 3.05) is 7.05 Å². The van der Waals surface area contributed by atoms with Crippen molar-refractivity contribution >= 4 is 17.5 Å². The number of aromatic hydroxyl groups is 1. The topological polar surface area (TPSA) is 49.8 Å². The maximum absolute atomic E-state index is 12.9. The van der Waals surface area contributed by atoms with Gasteiger partial charge in [-0.25, -0.2) is 0 Å². The molecule has 0 aliphatic carbocycles. The molecule has 0 aliphatic rings. The van der Waals surface area contributed by atoms with Crippen LogP contribution in [-0.2, 0) is 13.2 Å². The molecule has 0 radical (unpaired) electrons. The van der Waals surface area contributed by atoms with E-state index in [1.54, 1.807) is 54.4 Å². The Morgan fingerprint density at radius 2 is 1.59 bits per heavy atom. The van der Waals surface area contributed by atoms with E-state index in [4.69, 9.17) is 16.3 Å². The Morgan fingerprint density at radius 3 is 2.33 bits per heavy atom. The van der Waals surface area contributed by atoms with Crippen molar-refractivity contribution < 1.29 is 14.6 Å². The van der Waals surface area contributed by atoms with E-state index in [1.807, 2.05) is 30.3 Å². The number of carbonyl (C=O) groups is 1. The second kappa shape index (κ2) is 8.60. The van der Waals surface area contributed by atoms with Gasteiger partial charge in [-0.15, -0.1) is 0 Å². The minimum absolute atomic E-state index is 0.167. The molecule has 3 aromatic carbocycles. The van der Waals surface area contributed by atoms with Crippen LogP contribution in [-0.4, -0.2) is 23.0 Å². The lowest BCUT2D eigenvalue weighted by Crippen LogP contribution is -2.26. The van der Waals surface area contributed by atoms with E-state index in [9.17, 15) is 9.90 Å². The first-order chi connectivity index (χ1) is 13.1. The fourth-order valence-electron chi connectivity index (χ4n) is 2.72. The Balaban J connectivity index is 1.75. The molecular weight excluding hydrogens is 362 g/mol. The van der Waals surface area contributed by atoms with Gasteiger partial charge in [0.25, 0.3) is 5.91 Å². The highest BCUT2D eigenvalue weighted by Crippen LogP contribution is 2.24. The van der Waals surface area contributed by atoms with Crippen LogP contribution in [0.3, 0.4) is 0 Å². The number of phenols is 1.